The number of aromatic hydroxyl groups is 1. The molecule has 0 radical (unpaired) electrons. The first kappa shape index (κ1) is 10.1. The second-order valence-corrected chi connectivity index (χ2v) is 3.75. The van der Waals surface area contributed by atoms with Crippen molar-refractivity contribution in [2.24, 2.45) is 0 Å². The molecule has 4 heteroatoms. The Kier molecular flexibility index (Phi) is 3.31. The molecule has 72 valence electrons. The van der Waals surface area contributed by atoms with Gasteiger partial charge in [0.15, 0.2) is 0 Å². The number of aromatic nitrogens is 1. The van der Waals surface area contributed by atoms with Crippen LogP contribution < -0.4 is 4.87 Å². The van der Waals surface area contributed by atoms with Crippen molar-refractivity contribution in [3.05, 3.63) is 20.1 Å². The van der Waals surface area contributed by atoms with Gasteiger partial charge in [0.25, 0.3) is 0 Å². The van der Waals surface area contributed by atoms with Crippen LogP contribution in [0.3, 0.4) is 0 Å². The van der Waals surface area contributed by atoms with Crippen LogP contribution >= 0.6 is 11.3 Å². The molecule has 0 saturated heterocycles. The minimum atomic E-state index is -0.213. The molecule has 0 aliphatic rings. The van der Waals surface area contributed by atoms with Crippen molar-refractivity contribution in [2.75, 3.05) is 0 Å². The molecular weight excluding hydrogens is 186 g/mol. The van der Waals surface area contributed by atoms with Gasteiger partial charge >= 0.3 is 4.87 Å². The van der Waals surface area contributed by atoms with Crippen LogP contribution in [-0.4, -0.2) is 10.1 Å². The fourth-order valence-corrected chi connectivity index (χ4v) is 1.79. The van der Waals surface area contributed by atoms with Gasteiger partial charge in [0, 0.05) is 0 Å². The van der Waals surface area contributed by atoms with E-state index in [9.17, 15) is 9.90 Å². The summed E-state index contributed by atoms with van der Waals surface area (Å²) in [5.41, 5.74) is 1.23. The average molecular weight is 199 g/mol. The Labute approximate surface area is 80.7 Å². The highest BCUT2D eigenvalue weighted by molar-refractivity contribution is 7.10. The molecule has 0 atom stereocenters. The van der Waals surface area contributed by atoms with Crippen molar-refractivity contribution in [1.29, 1.82) is 0 Å². The molecule has 13 heavy (non-hydrogen) atoms. The lowest BCUT2D eigenvalue weighted by atomic mass is 10.1. The predicted molar refractivity (Wildman–Crippen MR) is 55.2 cm³/mol. The minimum absolute atomic E-state index is 0.0191. The van der Waals surface area contributed by atoms with Gasteiger partial charge in [-0.2, -0.15) is 0 Å². The zero-order valence-corrected chi connectivity index (χ0v) is 8.57. The summed E-state index contributed by atoms with van der Waals surface area (Å²) in [6.45, 7) is 4.11. The molecule has 0 aliphatic carbocycles. The Balaban J connectivity index is 3.01. The number of thiazole rings is 1. The molecule has 0 unspecified atom stereocenters. The summed E-state index contributed by atoms with van der Waals surface area (Å²) in [5.74, 6) is -0.0191. The van der Waals surface area contributed by atoms with Gasteiger partial charge in [-0.3, -0.25) is 9.78 Å². The molecule has 0 spiro atoms. The molecule has 1 aromatic heterocycles. The van der Waals surface area contributed by atoms with E-state index < -0.39 is 0 Å². The van der Waals surface area contributed by atoms with Crippen LogP contribution in [0.25, 0.3) is 6.08 Å². The van der Waals surface area contributed by atoms with Crippen molar-refractivity contribution in [1.82, 2.24) is 4.98 Å². The molecule has 0 fully saturated rings. The quantitative estimate of drug-likeness (QED) is 0.785. The average Bonchev–Trinajstić information content (AvgIpc) is 2.41. The maximum atomic E-state index is 10.8. The Morgan fingerprint density at radius 1 is 1.54 bits per heavy atom. The highest BCUT2D eigenvalue weighted by Crippen LogP contribution is 2.21. The molecule has 0 aromatic carbocycles. The molecular formula is C9H13NO2S. The Morgan fingerprint density at radius 3 is 2.54 bits per heavy atom. The van der Waals surface area contributed by atoms with Crippen LogP contribution in [-0.2, 0) is 0 Å². The molecule has 3 nitrogen and oxygen atoms in total. The number of hydrogen-bond acceptors (Lipinski definition) is 3. The van der Waals surface area contributed by atoms with Crippen molar-refractivity contribution in [3.8, 4) is 5.88 Å². The van der Waals surface area contributed by atoms with Crippen LogP contribution in [0.1, 0.15) is 31.6 Å². The topological polar surface area (TPSA) is 53.1 Å². The molecule has 1 rings (SSSR count). The van der Waals surface area contributed by atoms with Gasteiger partial charge in [-0.15, -0.1) is 0 Å². The van der Waals surface area contributed by atoms with Gasteiger partial charge in [-0.05, 0) is 18.9 Å². The van der Waals surface area contributed by atoms with E-state index in [-0.39, 0.29) is 10.8 Å². The largest absolute Gasteiger partial charge is 0.493 e. The van der Waals surface area contributed by atoms with Crippen molar-refractivity contribution >= 4 is 17.4 Å². The molecule has 1 heterocycles. The SMILES string of the molecule is CCC(=Cc1sc(=O)[nH]c1O)CC. The van der Waals surface area contributed by atoms with E-state index >= 15 is 0 Å². The highest BCUT2D eigenvalue weighted by atomic mass is 32.1. The number of rotatable bonds is 3. The van der Waals surface area contributed by atoms with E-state index in [2.05, 4.69) is 18.8 Å². The summed E-state index contributed by atoms with van der Waals surface area (Å²) in [5, 5.41) is 9.28. The molecule has 0 bridgehead atoms. The van der Waals surface area contributed by atoms with E-state index in [4.69, 9.17) is 0 Å². The van der Waals surface area contributed by atoms with E-state index in [1.165, 1.54) is 5.57 Å². The molecule has 2 N–H and O–H groups in total. The maximum absolute atomic E-state index is 10.8. The molecule has 0 saturated carbocycles. The number of H-pyrrole nitrogens is 1. The van der Waals surface area contributed by atoms with Crippen LogP contribution in [0.15, 0.2) is 10.4 Å². The lowest BCUT2D eigenvalue weighted by Crippen LogP contribution is -1.89. The van der Waals surface area contributed by atoms with E-state index in [0.29, 0.717) is 4.88 Å². The normalized spacial score (nSPS) is 10.0. The van der Waals surface area contributed by atoms with Crippen LogP contribution in [0.5, 0.6) is 5.88 Å². The number of allylic oxidation sites excluding steroid dienone is 1. The number of hydrogen-bond donors (Lipinski definition) is 2. The van der Waals surface area contributed by atoms with E-state index in [0.717, 1.165) is 24.2 Å². The molecule has 0 amide bonds. The lowest BCUT2D eigenvalue weighted by Gasteiger charge is -1.97. The summed E-state index contributed by atoms with van der Waals surface area (Å²) in [6, 6.07) is 0. The number of nitrogens with one attached hydrogen (secondary N) is 1. The van der Waals surface area contributed by atoms with Crippen LogP contribution in [0.2, 0.25) is 0 Å². The first-order chi connectivity index (χ1) is 6.17. The first-order valence-corrected chi connectivity index (χ1v) is 5.10. The van der Waals surface area contributed by atoms with Crippen molar-refractivity contribution < 1.29 is 5.11 Å². The zero-order chi connectivity index (χ0) is 9.84. The van der Waals surface area contributed by atoms with Gasteiger partial charge in [0.05, 0.1) is 4.88 Å². The Hall–Kier alpha value is -1.03. The number of aromatic amines is 1. The summed E-state index contributed by atoms with van der Waals surface area (Å²) in [6.07, 6.45) is 3.77. The fourth-order valence-electron chi connectivity index (χ4n) is 1.07. The standard InChI is InChI=1S/C9H13NO2S/c1-3-6(4-2)5-7-8(11)10-9(12)13-7/h5,11H,3-4H2,1-2H3,(H,10,12). The third-order valence-corrected chi connectivity index (χ3v) is 2.72. The summed E-state index contributed by atoms with van der Waals surface area (Å²) in [7, 11) is 0. The van der Waals surface area contributed by atoms with Gasteiger partial charge in [-0.1, -0.05) is 30.8 Å². The van der Waals surface area contributed by atoms with Crippen LogP contribution in [0.4, 0.5) is 0 Å². The third kappa shape index (κ3) is 2.45. The Morgan fingerprint density at radius 2 is 2.15 bits per heavy atom. The lowest BCUT2D eigenvalue weighted by molar-refractivity contribution is 0.455. The maximum Gasteiger partial charge on any atom is 0.307 e. The second-order valence-electron chi connectivity index (χ2n) is 2.74. The van der Waals surface area contributed by atoms with Gasteiger partial charge in [0.2, 0.25) is 5.88 Å². The summed E-state index contributed by atoms with van der Waals surface area (Å²) in [4.78, 5) is 13.6. The monoisotopic (exact) mass is 199 g/mol. The Bertz CT molecular complexity index is 356. The van der Waals surface area contributed by atoms with Crippen molar-refractivity contribution in [3.63, 3.8) is 0 Å². The minimum Gasteiger partial charge on any atom is -0.493 e. The molecule has 1 aromatic rings. The van der Waals surface area contributed by atoms with E-state index in [1.807, 2.05) is 6.08 Å². The molecule has 0 aliphatic heterocycles. The van der Waals surface area contributed by atoms with Gasteiger partial charge in [0.1, 0.15) is 0 Å². The van der Waals surface area contributed by atoms with Gasteiger partial charge in [-0.25, -0.2) is 0 Å². The smallest absolute Gasteiger partial charge is 0.307 e. The van der Waals surface area contributed by atoms with Crippen LogP contribution in [0, 0.1) is 0 Å². The zero-order valence-electron chi connectivity index (χ0n) is 7.76. The first-order valence-electron chi connectivity index (χ1n) is 4.28. The highest BCUT2D eigenvalue weighted by Gasteiger charge is 2.03. The predicted octanol–water partition coefficient (Wildman–Crippen LogP) is 2.35. The van der Waals surface area contributed by atoms with Gasteiger partial charge < -0.3 is 5.11 Å². The summed E-state index contributed by atoms with van der Waals surface area (Å²) >= 11 is 1.04. The third-order valence-electron chi connectivity index (χ3n) is 1.90. The second kappa shape index (κ2) is 4.28. The summed E-state index contributed by atoms with van der Waals surface area (Å²) < 4.78 is 0. The fraction of sp³-hybridized carbons (Fsp3) is 0.444. The van der Waals surface area contributed by atoms with E-state index in [1.54, 1.807) is 0 Å². The van der Waals surface area contributed by atoms with Crippen molar-refractivity contribution in [2.45, 2.75) is 26.7 Å².